The summed E-state index contributed by atoms with van der Waals surface area (Å²) in [6, 6.07) is 15.6. The average molecular weight is 782 g/mol. The molecule has 0 aromatic heterocycles. The Morgan fingerprint density at radius 1 is 1.10 bits per heavy atom. The zero-order chi connectivity index (χ0) is 36.1. The summed E-state index contributed by atoms with van der Waals surface area (Å²) in [5.41, 5.74) is 1.64. The van der Waals surface area contributed by atoms with Gasteiger partial charge in [-0.05, 0) is 49.6 Å². The summed E-state index contributed by atoms with van der Waals surface area (Å²) in [5.74, 6) is -1.31. The number of ether oxygens (including phenoxy) is 2. The van der Waals surface area contributed by atoms with Crippen LogP contribution in [0.5, 0.6) is 5.75 Å². The summed E-state index contributed by atoms with van der Waals surface area (Å²) in [4.78, 5) is 52.4. The van der Waals surface area contributed by atoms with Crippen molar-refractivity contribution in [1.29, 1.82) is 0 Å². The molecule has 2 bridgehead atoms. The predicted molar refractivity (Wildman–Crippen MR) is 204 cm³/mol. The maximum absolute atomic E-state index is 15.1. The highest BCUT2D eigenvalue weighted by molar-refractivity contribution is 9.09. The number of benzene rings is 2. The Labute approximate surface area is 313 Å². The third-order valence-corrected chi connectivity index (χ3v) is 13.9. The first-order chi connectivity index (χ1) is 24.8. The maximum atomic E-state index is 15.1. The van der Waals surface area contributed by atoms with Crippen LogP contribution in [0.1, 0.15) is 18.9 Å². The lowest BCUT2D eigenvalue weighted by Gasteiger charge is -2.40. The molecule has 0 saturated carbocycles. The molecule has 4 aliphatic rings. The number of alkyl halides is 1. The molecule has 4 fully saturated rings. The highest BCUT2D eigenvalue weighted by Crippen LogP contribution is 2.68. The Kier molecular flexibility index (Phi) is 12.3. The van der Waals surface area contributed by atoms with E-state index in [1.807, 2.05) is 61.5 Å². The van der Waals surface area contributed by atoms with Gasteiger partial charge in [0.1, 0.15) is 11.8 Å². The molecule has 7 atom stereocenters. The quantitative estimate of drug-likeness (QED) is 0.202. The van der Waals surface area contributed by atoms with Crippen molar-refractivity contribution in [3.63, 3.8) is 0 Å². The number of carbonyl (C=O) groups excluding carboxylic acids is 3. The molecular weight excluding hydrogens is 732 g/mol. The molecular formula is C39H49BrN4O6S. The van der Waals surface area contributed by atoms with E-state index in [1.165, 1.54) is 0 Å². The fourth-order valence-corrected chi connectivity index (χ4v) is 12.0. The molecule has 6 rings (SSSR count). The molecule has 3 amide bonds. The fourth-order valence-electron chi connectivity index (χ4n) is 8.39. The summed E-state index contributed by atoms with van der Waals surface area (Å²) in [6.07, 6.45) is 4.34. The molecule has 0 aliphatic carbocycles. The second kappa shape index (κ2) is 16.7. The van der Waals surface area contributed by atoms with Gasteiger partial charge in [-0.3, -0.25) is 19.3 Å². The predicted octanol–water partition coefficient (Wildman–Crippen LogP) is 4.02. The average Bonchev–Trinajstić information content (AvgIpc) is 3.75. The molecule has 12 heteroatoms. The number of thioether (sulfide) groups is 1. The van der Waals surface area contributed by atoms with Gasteiger partial charge < -0.3 is 29.3 Å². The van der Waals surface area contributed by atoms with Gasteiger partial charge in [-0.25, -0.2) is 0 Å². The molecule has 4 saturated heterocycles. The van der Waals surface area contributed by atoms with Crippen LogP contribution in [-0.2, 0) is 25.5 Å². The van der Waals surface area contributed by atoms with Crippen LogP contribution < -0.4 is 9.64 Å². The van der Waals surface area contributed by atoms with E-state index in [0.29, 0.717) is 63.7 Å². The highest BCUT2D eigenvalue weighted by Gasteiger charge is 2.76. The molecule has 2 aromatic rings. The molecule has 4 heterocycles. The lowest BCUT2D eigenvalue weighted by Crippen LogP contribution is -2.59. The number of halogens is 1. The van der Waals surface area contributed by atoms with Gasteiger partial charge in [-0.2, -0.15) is 0 Å². The number of rotatable bonds is 16. The van der Waals surface area contributed by atoms with E-state index in [1.54, 1.807) is 38.6 Å². The van der Waals surface area contributed by atoms with E-state index >= 15 is 9.59 Å². The van der Waals surface area contributed by atoms with Crippen molar-refractivity contribution in [3.05, 3.63) is 85.5 Å². The first-order valence-corrected chi connectivity index (χ1v) is 19.7. The Morgan fingerprint density at radius 3 is 2.45 bits per heavy atom. The summed E-state index contributed by atoms with van der Waals surface area (Å²) >= 11 is 5.52. The minimum atomic E-state index is -0.869. The fraction of sp³-hybridized carbons (Fsp3) is 0.513. The van der Waals surface area contributed by atoms with Crippen molar-refractivity contribution < 1.29 is 29.0 Å². The number of likely N-dealkylation sites (tertiary alicyclic amines) is 1. The van der Waals surface area contributed by atoms with Gasteiger partial charge in [0, 0.05) is 55.0 Å². The molecule has 1 N–H and O–H groups in total. The lowest BCUT2D eigenvalue weighted by atomic mass is 9.70. The van der Waals surface area contributed by atoms with E-state index in [9.17, 15) is 9.90 Å². The third kappa shape index (κ3) is 7.40. The van der Waals surface area contributed by atoms with Crippen LogP contribution in [-0.4, -0.2) is 130 Å². The first kappa shape index (κ1) is 37.6. The number of hydrogen-bond acceptors (Lipinski definition) is 8. The van der Waals surface area contributed by atoms with E-state index in [2.05, 4.69) is 34.0 Å². The van der Waals surface area contributed by atoms with E-state index in [-0.39, 0.29) is 41.0 Å². The normalized spacial score (nSPS) is 27.5. The SMILES string of the molecule is C=CCN(CCN1CCOCC1)C(=O)C1N([C@@H](CO)Cc2ccccc2)C(=O)[C@@H]2[C@H](C(=O)N(CC=C)c3ccc(OCC)cc3)[C@H]3SC12CC3Br. The minimum absolute atomic E-state index is 0.0930. The van der Waals surface area contributed by atoms with Gasteiger partial charge in [0.2, 0.25) is 17.7 Å². The van der Waals surface area contributed by atoms with E-state index < -0.39 is 28.7 Å². The van der Waals surface area contributed by atoms with Gasteiger partial charge in [0.25, 0.3) is 0 Å². The van der Waals surface area contributed by atoms with Crippen molar-refractivity contribution in [2.45, 2.75) is 46.7 Å². The van der Waals surface area contributed by atoms with Gasteiger partial charge in [0.15, 0.2) is 0 Å². The zero-order valence-corrected chi connectivity index (χ0v) is 31.7. The summed E-state index contributed by atoms with van der Waals surface area (Å²) in [7, 11) is 0. The summed E-state index contributed by atoms with van der Waals surface area (Å²) < 4.78 is 10.3. The molecule has 274 valence electrons. The molecule has 4 aliphatic heterocycles. The van der Waals surface area contributed by atoms with E-state index in [0.717, 1.165) is 18.7 Å². The van der Waals surface area contributed by atoms with Crippen LogP contribution in [0.4, 0.5) is 5.69 Å². The number of carbonyl (C=O) groups is 3. The summed E-state index contributed by atoms with van der Waals surface area (Å²) in [5, 5.41) is 10.7. The van der Waals surface area contributed by atoms with Crippen LogP contribution in [0.15, 0.2) is 79.9 Å². The highest BCUT2D eigenvalue weighted by atomic mass is 79.9. The van der Waals surface area contributed by atoms with Crippen LogP contribution >= 0.6 is 27.7 Å². The van der Waals surface area contributed by atoms with Crippen molar-refractivity contribution in [1.82, 2.24) is 14.7 Å². The molecule has 51 heavy (non-hydrogen) atoms. The second-order valence-corrected chi connectivity index (χ2v) is 16.3. The van der Waals surface area contributed by atoms with Crippen molar-refractivity contribution in [3.8, 4) is 5.75 Å². The second-order valence-electron chi connectivity index (χ2n) is 13.6. The number of morpholine rings is 1. The van der Waals surface area contributed by atoms with Crippen molar-refractivity contribution >= 4 is 51.1 Å². The molecule has 2 aromatic carbocycles. The molecule has 0 radical (unpaired) electrons. The topological polar surface area (TPSA) is 103 Å². The Morgan fingerprint density at radius 2 is 1.80 bits per heavy atom. The third-order valence-electron chi connectivity index (χ3n) is 10.7. The number of nitrogens with zero attached hydrogens (tertiary/aromatic N) is 4. The van der Waals surface area contributed by atoms with Crippen LogP contribution in [0.25, 0.3) is 0 Å². The Balaban J connectivity index is 1.38. The van der Waals surface area contributed by atoms with Gasteiger partial charge >= 0.3 is 0 Å². The van der Waals surface area contributed by atoms with Crippen LogP contribution in [0.3, 0.4) is 0 Å². The maximum Gasteiger partial charge on any atom is 0.247 e. The molecule has 3 unspecified atom stereocenters. The number of aliphatic hydroxyl groups excluding tert-OH is 1. The zero-order valence-electron chi connectivity index (χ0n) is 29.3. The van der Waals surface area contributed by atoms with Crippen molar-refractivity contribution in [2.24, 2.45) is 11.8 Å². The number of anilines is 1. The number of amides is 3. The van der Waals surface area contributed by atoms with E-state index in [4.69, 9.17) is 9.47 Å². The number of fused-ring (bicyclic) bond motifs is 1. The van der Waals surface area contributed by atoms with Crippen LogP contribution in [0, 0.1) is 11.8 Å². The summed E-state index contributed by atoms with van der Waals surface area (Å²) in [6.45, 7) is 14.6. The molecule has 1 spiro atoms. The minimum Gasteiger partial charge on any atom is -0.494 e. The van der Waals surface area contributed by atoms with Gasteiger partial charge in [-0.1, -0.05) is 58.4 Å². The number of aliphatic hydroxyl groups is 1. The van der Waals surface area contributed by atoms with Gasteiger partial charge in [-0.15, -0.1) is 24.9 Å². The van der Waals surface area contributed by atoms with Crippen molar-refractivity contribution in [2.75, 3.05) is 70.6 Å². The lowest BCUT2D eigenvalue weighted by molar-refractivity contribution is -0.145. The largest absolute Gasteiger partial charge is 0.494 e. The van der Waals surface area contributed by atoms with Gasteiger partial charge in [0.05, 0.1) is 49.1 Å². The standard InChI is InChI=1S/C39H49BrN4O6S/c1-4-16-42(19-18-41-20-22-49-23-21-41)38(48)35-39-25-31(40)34(51-39)32(36(46)43(17-5-2)28-12-14-30(15-13-28)50-6-3)33(39)37(47)44(35)29(26-45)24-27-10-8-7-9-11-27/h4-5,7-15,29,31-35,45H,1-2,6,16-26H2,3H3/t29-,31?,32+,33+,34+,35?,39?/m1/s1. The first-order valence-electron chi connectivity index (χ1n) is 17.9. The number of hydrogen-bond donors (Lipinski definition) is 1. The molecule has 10 nitrogen and oxygen atoms in total. The van der Waals surface area contributed by atoms with Crippen LogP contribution in [0.2, 0.25) is 0 Å². The Bertz CT molecular complexity index is 1560. The smallest absolute Gasteiger partial charge is 0.247 e. The monoisotopic (exact) mass is 780 g/mol. The Hall–Kier alpha value is -3.16.